The Kier molecular flexibility index (Phi) is 10.00. The van der Waals surface area contributed by atoms with Gasteiger partial charge in [0, 0.05) is 29.3 Å². The molecule has 2 rings (SSSR count). The van der Waals surface area contributed by atoms with Crippen molar-refractivity contribution in [1.82, 2.24) is 16.1 Å². The number of hydrogen-bond acceptors (Lipinski definition) is 5. The van der Waals surface area contributed by atoms with E-state index in [1.165, 1.54) is 12.4 Å². The third kappa shape index (κ3) is 8.71. The molecule has 0 spiro atoms. The zero-order valence-corrected chi connectivity index (χ0v) is 17.9. The molecule has 0 aromatic heterocycles. The maximum absolute atomic E-state index is 12.3. The molecule has 0 radical (unpaired) electrons. The minimum absolute atomic E-state index is 0.297. The molecule has 33 heavy (non-hydrogen) atoms. The number of hydroxylamine groups is 1. The topological polar surface area (TPSA) is 116 Å². The minimum atomic E-state index is -2.38. The van der Waals surface area contributed by atoms with Crippen molar-refractivity contribution >= 4 is 11.8 Å². The van der Waals surface area contributed by atoms with E-state index in [9.17, 15) is 18.4 Å². The van der Waals surface area contributed by atoms with E-state index in [2.05, 4.69) is 34.3 Å². The van der Waals surface area contributed by atoms with Gasteiger partial charge in [-0.1, -0.05) is 24.0 Å². The second kappa shape index (κ2) is 12.9. The molecule has 0 unspecified atom stereocenters. The summed E-state index contributed by atoms with van der Waals surface area (Å²) in [5.74, 6) is 9.89. The first-order valence-electron chi connectivity index (χ1n) is 10.0. The van der Waals surface area contributed by atoms with Crippen LogP contribution in [0.1, 0.15) is 34.0 Å². The lowest BCUT2D eigenvalue weighted by atomic mass is 10.1. The summed E-state index contributed by atoms with van der Waals surface area (Å²) in [6.07, 6.45) is -2.38. The molecule has 9 heteroatoms. The van der Waals surface area contributed by atoms with Gasteiger partial charge in [0.05, 0.1) is 6.54 Å². The average Bonchev–Trinajstić information content (AvgIpc) is 2.80. The summed E-state index contributed by atoms with van der Waals surface area (Å²) in [5, 5.41) is 13.9. The van der Waals surface area contributed by atoms with Crippen molar-refractivity contribution in [3.05, 3.63) is 70.8 Å². The van der Waals surface area contributed by atoms with Gasteiger partial charge >= 0.3 is 0 Å². The Balaban J connectivity index is 1.94. The Morgan fingerprint density at radius 3 is 2.03 bits per heavy atom. The number of nitrogens with two attached hydrogens (primary N) is 1. The van der Waals surface area contributed by atoms with Crippen molar-refractivity contribution in [2.45, 2.75) is 32.0 Å². The summed E-state index contributed by atoms with van der Waals surface area (Å²) >= 11 is 0. The minimum Gasteiger partial charge on any atom is -0.339 e. The van der Waals surface area contributed by atoms with Crippen molar-refractivity contribution in [3.8, 4) is 23.7 Å². The molecule has 0 aliphatic rings. The molecule has 2 aromatic carbocycles. The molecular formula is C24H24F2N4O3. The highest BCUT2D eigenvalue weighted by molar-refractivity contribution is 5.97. The van der Waals surface area contributed by atoms with Gasteiger partial charge < -0.3 is 16.4 Å². The van der Waals surface area contributed by atoms with Crippen molar-refractivity contribution in [3.63, 3.8) is 0 Å². The first kappa shape index (κ1) is 25.5. The summed E-state index contributed by atoms with van der Waals surface area (Å²) < 4.78 is 24.3. The van der Waals surface area contributed by atoms with E-state index < -0.39 is 30.3 Å². The van der Waals surface area contributed by atoms with Crippen molar-refractivity contribution in [2.75, 3.05) is 6.54 Å². The first-order valence-corrected chi connectivity index (χ1v) is 10.0. The molecule has 6 N–H and O–H groups in total. The van der Waals surface area contributed by atoms with Crippen LogP contribution in [0.2, 0.25) is 0 Å². The highest BCUT2D eigenvalue weighted by atomic mass is 19.3. The summed E-state index contributed by atoms with van der Waals surface area (Å²) in [6.45, 7) is 1.53. The normalized spacial score (nSPS) is 11.9. The quantitative estimate of drug-likeness (QED) is 0.235. The van der Waals surface area contributed by atoms with Crippen LogP contribution in [0.4, 0.5) is 8.78 Å². The fourth-order valence-electron chi connectivity index (χ4n) is 2.67. The molecule has 7 nitrogen and oxygen atoms in total. The van der Waals surface area contributed by atoms with Gasteiger partial charge in [0.25, 0.3) is 18.2 Å². The van der Waals surface area contributed by atoms with Gasteiger partial charge in [0.1, 0.15) is 6.04 Å². The molecule has 0 aliphatic heterocycles. The summed E-state index contributed by atoms with van der Waals surface area (Å²) in [6, 6.07) is 11.8. The SMILES string of the molecule is C[C@@H](N)[C@H](NC(=O)c1ccc(C#CC#Cc2ccc(CNCC(F)F)cc2)cc1)C(=O)NO. The lowest BCUT2D eigenvalue weighted by Crippen LogP contribution is -2.54. The van der Waals surface area contributed by atoms with Crippen LogP contribution in [0.15, 0.2) is 48.5 Å². The fourth-order valence-corrected chi connectivity index (χ4v) is 2.67. The Morgan fingerprint density at radius 1 is 1.00 bits per heavy atom. The van der Waals surface area contributed by atoms with E-state index in [0.29, 0.717) is 17.7 Å². The third-order valence-corrected chi connectivity index (χ3v) is 4.41. The zero-order chi connectivity index (χ0) is 24.2. The first-order chi connectivity index (χ1) is 15.8. The lowest BCUT2D eigenvalue weighted by Gasteiger charge is -2.19. The van der Waals surface area contributed by atoms with Gasteiger partial charge in [0.2, 0.25) is 0 Å². The number of nitrogens with one attached hydrogen (secondary N) is 3. The molecule has 0 bridgehead atoms. The Morgan fingerprint density at radius 2 is 1.55 bits per heavy atom. The highest BCUT2D eigenvalue weighted by Gasteiger charge is 2.24. The van der Waals surface area contributed by atoms with Gasteiger partial charge in [-0.05, 0) is 60.7 Å². The zero-order valence-electron chi connectivity index (χ0n) is 17.9. The van der Waals surface area contributed by atoms with E-state index >= 15 is 0 Å². The number of rotatable bonds is 8. The molecule has 0 saturated heterocycles. The smallest absolute Gasteiger partial charge is 0.267 e. The van der Waals surface area contributed by atoms with Gasteiger partial charge in [-0.2, -0.15) is 0 Å². The number of hydrogen-bond donors (Lipinski definition) is 5. The van der Waals surface area contributed by atoms with E-state index in [1.807, 2.05) is 0 Å². The van der Waals surface area contributed by atoms with Crippen molar-refractivity contribution in [1.29, 1.82) is 0 Å². The molecule has 2 aromatic rings. The van der Waals surface area contributed by atoms with E-state index in [1.54, 1.807) is 48.5 Å². The summed E-state index contributed by atoms with van der Waals surface area (Å²) in [7, 11) is 0. The van der Waals surface area contributed by atoms with Gasteiger partial charge in [0.15, 0.2) is 0 Å². The largest absolute Gasteiger partial charge is 0.339 e. The van der Waals surface area contributed by atoms with Crippen LogP contribution in [0.25, 0.3) is 0 Å². The molecule has 172 valence electrons. The van der Waals surface area contributed by atoms with Crippen molar-refractivity contribution in [2.24, 2.45) is 5.73 Å². The van der Waals surface area contributed by atoms with Gasteiger partial charge in [-0.15, -0.1) is 0 Å². The van der Waals surface area contributed by atoms with Crippen LogP contribution < -0.4 is 21.8 Å². The van der Waals surface area contributed by atoms with Crippen LogP contribution in [-0.2, 0) is 11.3 Å². The Labute approximate surface area is 190 Å². The number of halogens is 2. The van der Waals surface area contributed by atoms with Crippen LogP contribution in [0.3, 0.4) is 0 Å². The maximum Gasteiger partial charge on any atom is 0.267 e. The second-order valence-electron chi connectivity index (χ2n) is 7.08. The molecule has 0 aliphatic carbocycles. The second-order valence-corrected chi connectivity index (χ2v) is 7.08. The molecule has 2 atom stereocenters. The third-order valence-electron chi connectivity index (χ3n) is 4.41. The number of alkyl halides is 2. The highest BCUT2D eigenvalue weighted by Crippen LogP contribution is 2.05. The summed E-state index contributed by atoms with van der Waals surface area (Å²) in [5.41, 5.74) is 9.69. The number of amides is 2. The number of carbonyl (C=O) groups excluding carboxylic acids is 2. The van der Waals surface area contributed by atoms with Gasteiger partial charge in [-0.3, -0.25) is 14.8 Å². The van der Waals surface area contributed by atoms with Crippen LogP contribution >= 0.6 is 0 Å². The molecule has 0 saturated carbocycles. The van der Waals surface area contributed by atoms with Crippen LogP contribution in [0, 0.1) is 23.7 Å². The van der Waals surface area contributed by atoms with Crippen LogP contribution in [0.5, 0.6) is 0 Å². The molecule has 0 fully saturated rings. The standard InChI is InChI=1S/C24H24F2N4O3/c1-16(27)22(24(32)30-33)29-23(31)20-12-10-18(11-13-20)5-3-2-4-17-6-8-19(9-7-17)14-28-15-21(25)26/h6-13,16,21-22,28,33H,14-15,27H2,1H3,(H,29,31)(H,30,32)/t16-,22+/m1/s1. The monoisotopic (exact) mass is 454 g/mol. The fraction of sp³-hybridized carbons (Fsp3) is 0.250. The Hall–Kier alpha value is -3.76. The van der Waals surface area contributed by atoms with Crippen molar-refractivity contribution < 1.29 is 23.6 Å². The number of carbonyl (C=O) groups is 2. The van der Waals surface area contributed by atoms with E-state index in [-0.39, 0.29) is 6.54 Å². The maximum atomic E-state index is 12.3. The van der Waals surface area contributed by atoms with Gasteiger partial charge in [-0.25, -0.2) is 14.3 Å². The predicted octanol–water partition coefficient (Wildman–Crippen LogP) is 1.40. The van der Waals surface area contributed by atoms with E-state index in [0.717, 1.165) is 11.1 Å². The lowest BCUT2D eigenvalue weighted by molar-refractivity contribution is -0.131. The molecule has 0 heterocycles. The summed E-state index contributed by atoms with van der Waals surface area (Å²) in [4.78, 5) is 23.9. The Bertz CT molecular complexity index is 1060. The van der Waals surface area contributed by atoms with E-state index in [4.69, 9.17) is 10.9 Å². The van der Waals surface area contributed by atoms with Crippen LogP contribution in [-0.4, -0.2) is 42.1 Å². The average molecular weight is 454 g/mol. The molecule has 2 amide bonds. The molecular weight excluding hydrogens is 430 g/mol. The number of benzene rings is 2. The predicted molar refractivity (Wildman–Crippen MR) is 119 cm³/mol.